The number of benzene rings is 1. The van der Waals surface area contributed by atoms with Crippen molar-refractivity contribution in [2.45, 2.75) is 38.1 Å². The highest BCUT2D eigenvalue weighted by Gasteiger charge is 2.31. The van der Waals surface area contributed by atoms with E-state index in [-0.39, 0.29) is 37.0 Å². The third-order valence-electron chi connectivity index (χ3n) is 5.23. The van der Waals surface area contributed by atoms with Crippen LogP contribution < -0.4 is 0 Å². The molecule has 0 saturated carbocycles. The van der Waals surface area contributed by atoms with Gasteiger partial charge in [0.05, 0.1) is 5.69 Å². The van der Waals surface area contributed by atoms with E-state index in [9.17, 15) is 17.6 Å². The topological polar surface area (TPSA) is 75.5 Å². The van der Waals surface area contributed by atoms with E-state index in [4.69, 9.17) is 11.6 Å². The molecule has 0 N–H and O–H groups in total. The van der Waals surface area contributed by atoms with Gasteiger partial charge in [0, 0.05) is 44.4 Å². The summed E-state index contributed by atoms with van der Waals surface area (Å²) in [6, 6.07) is 5.30. The molecule has 1 aromatic carbocycles. The van der Waals surface area contributed by atoms with Crippen LogP contribution in [0.5, 0.6) is 0 Å². The van der Waals surface area contributed by atoms with Gasteiger partial charge < -0.3 is 4.90 Å². The normalized spacial score (nSPS) is 15.7. The van der Waals surface area contributed by atoms with Crippen LogP contribution in [0, 0.1) is 12.7 Å². The van der Waals surface area contributed by atoms with Crippen molar-refractivity contribution in [1.29, 1.82) is 0 Å². The van der Waals surface area contributed by atoms with Gasteiger partial charge in [-0.25, -0.2) is 12.8 Å². The first kappa shape index (κ1) is 23.4. The lowest BCUT2D eigenvalue weighted by Crippen LogP contribution is -2.50. The molecule has 0 aliphatic carbocycles. The first-order valence-corrected chi connectivity index (χ1v) is 12.0. The van der Waals surface area contributed by atoms with Gasteiger partial charge in [-0.2, -0.15) is 9.40 Å². The first-order valence-electron chi connectivity index (χ1n) is 10.2. The van der Waals surface area contributed by atoms with E-state index in [0.717, 1.165) is 31.1 Å². The zero-order chi connectivity index (χ0) is 22.6. The number of rotatable bonds is 7. The number of hydrogen-bond acceptors (Lipinski definition) is 4. The fourth-order valence-corrected chi connectivity index (χ4v) is 5.22. The summed E-state index contributed by atoms with van der Waals surface area (Å²) < 4.78 is 42.3. The summed E-state index contributed by atoms with van der Waals surface area (Å²) in [7, 11) is -3.94. The number of carbonyl (C=O) groups excluding carboxylic acids is 1. The van der Waals surface area contributed by atoms with Crippen LogP contribution in [0.4, 0.5) is 4.39 Å². The molecule has 168 valence electrons. The second-order valence-electron chi connectivity index (χ2n) is 7.36. The second-order valence-corrected chi connectivity index (χ2v) is 9.62. The van der Waals surface area contributed by atoms with Crippen LogP contribution in [0.2, 0.25) is 5.15 Å². The van der Waals surface area contributed by atoms with E-state index in [0.29, 0.717) is 10.7 Å². The molecule has 1 saturated heterocycles. The van der Waals surface area contributed by atoms with E-state index in [1.54, 1.807) is 15.7 Å². The molecule has 1 fully saturated rings. The number of aromatic nitrogens is 2. The minimum Gasteiger partial charge on any atom is -0.337 e. The SMILES string of the molecule is CCCCn1nc(C)c(/C=C/C(=O)N2CCN(S(=O)(=O)c3ccccc3F)CC2)c1Cl. The van der Waals surface area contributed by atoms with Gasteiger partial charge in [-0.3, -0.25) is 9.48 Å². The van der Waals surface area contributed by atoms with Gasteiger partial charge in [-0.15, -0.1) is 0 Å². The monoisotopic (exact) mass is 468 g/mol. The van der Waals surface area contributed by atoms with Crippen molar-refractivity contribution in [2.24, 2.45) is 0 Å². The summed E-state index contributed by atoms with van der Waals surface area (Å²) in [5, 5.41) is 4.91. The van der Waals surface area contributed by atoms with Crippen molar-refractivity contribution in [3.8, 4) is 0 Å². The van der Waals surface area contributed by atoms with E-state index in [1.807, 2.05) is 6.92 Å². The van der Waals surface area contributed by atoms with Crippen LogP contribution in [-0.2, 0) is 21.4 Å². The summed E-state index contributed by atoms with van der Waals surface area (Å²) in [5.74, 6) is -1.02. The molecule has 0 spiro atoms. The maximum atomic E-state index is 13.9. The quantitative estimate of drug-likeness (QED) is 0.584. The molecule has 31 heavy (non-hydrogen) atoms. The molecule has 10 heteroatoms. The van der Waals surface area contributed by atoms with Gasteiger partial charge in [0.1, 0.15) is 15.9 Å². The molecule has 3 rings (SSSR count). The average molecular weight is 469 g/mol. The minimum absolute atomic E-state index is 0.102. The Kier molecular flexibility index (Phi) is 7.51. The maximum absolute atomic E-state index is 13.9. The van der Waals surface area contributed by atoms with Gasteiger partial charge in [-0.05, 0) is 31.6 Å². The molecule has 2 heterocycles. The number of piperazine rings is 1. The van der Waals surface area contributed by atoms with E-state index in [1.165, 1.54) is 28.6 Å². The smallest absolute Gasteiger partial charge is 0.246 e. The lowest BCUT2D eigenvalue weighted by atomic mass is 10.2. The number of amides is 1. The molecule has 1 aliphatic heterocycles. The Morgan fingerprint density at radius 2 is 1.90 bits per heavy atom. The van der Waals surface area contributed by atoms with E-state index in [2.05, 4.69) is 12.0 Å². The molecule has 1 amide bonds. The summed E-state index contributed by atoms with van der Waals surface area (Å²) in [6.07, 6.45) is 5.07. The predicted octanol–water partition coefficient (Wildman–Crippen LogP) is 3.33. The molecule has 7 nitrogen and oxygen atoms in total. The Hall–Kier alpha value is -2.23. The molecular weight excluding hydrogens is 443 g/mol. The Balaban J connectivity index is 1.63. The van der Waals surface area contributed by atoms with Crippen LogP contribution in [0.1, 0.15) is 31.0 Å². The zero-order valence-corrected chi connectivity index (χ0v) is 19.2. The minimum atomic E-state index is -3.94. The van der Waals surface area contributed by atoms with E-state index >= 15 is 0 Å². The van der Waals surface area contributed by atoms with Gasteiger partial charge in [0.15, 0.2) is 0 Å². The first-order chi connectivity index (χ1) is 14.8. The molecule has 2 aromatic rings. The Morgan fingerprint density at radius 1 is 1.23 bits per heavy atom. The highest BCUT2D eigenvalue weighted by Crippen LogP contribution is 2.23. The second kappa shape index (κ2) is 9.93. The fourth-order valence-electron chi connectivity index (χ4n) is 3.41. The average Bonchev–Trinajstić information content (AvgIpc) is 3.03. The van der Waals surface area contributed by atoms with Crippen molar-refractivity contribution in [3.63, 3.8) is 0 Å². The number of halogens is 2. The van der Waals surface area contributed by atoms with Crippen LogP contribution in [0.15, 0.2) is 35.2 Å². The number of aryl methyl sites for hydroxylation is 2. The molecular formula is C21H26ClFN4O3S. The summed E-state index contributed by atoms with van der Waals surface area (Å²) in [6.45, 7) is 5.29. The van der Waals surface area contributed by atoms with Crippen LogP contribution in [-0.4, -0.2) is 59.5 Å². The summed E-state index contributed by atoms with van der Waals surface area (Å²) >= 11 is 6.40. The fraction of sp³-hybridized carbons (Fsp3) is 0.429. The Morgan fingerprint density at radius 3 is 2.55 bits per heavy atom. The third kappa shape index (κ3) is 5.16. The number of carbonyl (C=O) groups is 1. The molecule has 0 unspecified atom stereocenters. The maximum Gasteiger partial charge on any atom is 0.246 e. The number of nitrogens with zero attached hydrogens (tertiary/aromatic N) is 4. The highest BCUT2D eigenvalue weighted by molar-refractivity contribution is 7.89. The number of unbranched alkanes of at least 4 members (excludes halogenated alkanes) is 1. The standard InChI is InChI=1S/C21H26ClFN4O3S/c1-3-4-11-27-21(22)17(16(2)24-27)9-10-20(28)25-12-14-26(15-13-25)31(29,30)19-8-6-5-7-18(19)23/h5-10H,3-4,11-15H2,1-2H3/b10-9+. The van der Waals surface area contributed by atoms with Crippen LogP contribution >= 0.6 is 11.6 Å². The molecule has 1 aromatic heterocycles. The van der Waals surface area contributed by atoms with Gasteiger partial charge in [0.2, 0.25) is 15.9 Å². The van der Waals surface area contributed by atoms with Crippen molar-refractivity contribution in [3.05, 3.63) is 52.6 Å². The van der Waals surface area contributed by atoms with Gasteiger partial charge in [-0.1, -0.05) is 37.1 Å². The van der Waals surface area contributed by atoms with Crippen molar-refractivity contribution in [2.75, 3.05) is 26.2 Å². The molecule has 1 aliphatic rings. The number of sulfonamides is 1. The summed E-state index contributed by atoms with van der Waals surface area (Å²) in [5.41, 5.74) is 1.44. The van der Waals surface area contributed by atoms with Crippen molar-refractivity contribution in [1.82, 2.24) is 19.0 Å². The molecule has 0 radical (unpaired) electrons. The third-order valence-corrected chi connectivity index (χ3v) is 7.56. The van der Waals surface area contributed by atoms with Gasteiger partial charge >= 0.3 is 0 Å². The van der Waals surface area contributed by atoms with Crippen LogP contribution in [0.25, 0.3) is 6.08 Å². The van der Waals surface area contributed by atoms with Crippen molar-refractivity contribution < 1.29 is 17.6 Å². The Bertz CT molecular complexity index is 1080. The predicted molar refractivity (Wildman–Crippen MR) is 118 cm³/mol. The largest absolute Gasteiger partial charge is 0.337 e. The van der Waals surface area contributed by atoms with E-state index < -0.39 is 15.8 Å². The lowest BCUT2D eigenvalue weighted by Gasteiger charge is -2.33. The van der Waals surface area contributed by atoms with Gasteiger partial charge in [0.25, 0.3) is 0 Å². The molecule has 0 atom stereocenters. The highest BCUT2D eigenvalue weighted by atomic mass is 35.5. The lowest BCUT2D eigenvalue weighted by molar-refractivity contribution is -0.127. The number of hydrogen-bond donors (Lipinski definition) is 0. The summed E-state index contributed by atoms with van der Waals surface area (Å²) in [4.78, 5) is 13.8. The van der Waals surface area contributed by atoms with Crippen molar-refractivity contribution >= 4 is 33.6 Å². The Labute approximate surface area is 187 Å². The zero-order valence-electron chi connectivity index (χ0n) is 17.6. The molecule has 0 bridgehead atoms. The van der Waals surface area contributed by atoms with Crippen LogP contribution in [0.3, 0.4) is 0 Å².